The Balaban J connectivity index is 1.97. The van der Waals surface area contributed by atoms with Crippen LogP contribution in [0.5, 0.6) is 0 Å². The average molecular weight is 256 g/mol. The summed E-state index contributed by atoms with van der Waals surface area (Å²) in [5, 5.41) is 7.00. The summed E-state index contributed by atoms with van der Waals surface area (Å²) >= 11 is 0. The van der Waals surface area contributed by atoms with Gasteiger partial charge in [-0.1, -0.05) is 17.3 Å². The van der Waals surface area contributed by atoms with Gasteiger partial charge in [0.2, 0.25) is 0 Å². The van der Waals surface area contributed by atoms with Crippen molar-refractivity contribution in [2.75, 3.05) is 11.9 Å². The summed E-state index contributed by atoms with van der Waals surface area (Å²) < 4.78 is 5.24. The van der Waals surface area contributed by atoms with Crippen molar-refractivity contribution in [1.82, 2.24) is 5.16 Å². The molecule has 1 aliphatic carbocycles. The molecule has 19 heavy (non-hydrogen) atoms. The van der Waals surface area contributed by atoms with Crippen LogP contribution in [0.25, 0.3) is 0 Å². The van der Waals surface area contributed by atoms with Crippen molar-refractivity contribution in [3.63, 3.8) is 0 Å². The first-order valence-electron chi connectivity index (χ1n) is 6.63. The molecule has 4 heteroatoms. The number of benzene rings is 1. The van der Waals surface area contributed by atoms with Crippen molar-refractivity contribution >= 4 is 11.5 Å². The summed E-state index contributed by atoms with van der Waals surface area (Å²) in [7, 11) is 0. The molecular formula is C15H16N2O2. The predicted molar refractivity (Wildman–Crippen MR) is 72.5 cm³/mol. The second kappa shape index (κ2) is 4.88. The number of nitrogens with zero attached hydrogens (tertiary/aromatic N) is 1. The Labute approximate surface area is 111 Å². The van der Waals surface area contributed by atoms with Gasteiger partial charge >= 0.3 is 0 Å². The molecule has 1 aromatic heterocycles. The van der Waals surface area contributed by atoms with Gasteiger partial charge in [0, 0.05) is 23.7 Å². The van der Waals surface area contributed by atoms with Gasteiger partial charge in [-0.15, -0.1) is 0 Å². The number of anilines is 1. The topological polar surface area (TPSA) is 55.1 Å². The summed E-state index contributed by atoms with van der Waals surface area (Å²) in [4.78, 5) is 12.6. The van der Waals surface area contributed by atoms with Crippen LogP contribution in [0.15, 0.2) is 35.0 Å². The molecule has 1 saturated carbocycles. The molecule has 0 aliphatic heterocycles. The first-order valence-corrected chi connectivity index (χ1v) is 6.63. The molecule has 0 radical (unpaired) electrons. The Hall–Kier alpha value is -2.10. The van der Waals surface area contributed by atoms with Crippen LogP contribution in [0, 0.1) is 0 Å². The lowest BCUT2D eigenvalue weighted by molar-refractivity contribution is 0.103. The normalized spacial score (nSPS) is 14.4. The summed E-state index contributed by atoms with van der Waals surface area (Å²) in [5.74, 6) is 1.11. The Kier molecular flexibility index (Phi) is 3.07. The Morgan fingerprint density at radius 3 is 2.89 bits per heavy atom. The largest absolute Gasteiger partial charge is 0.385 e. The van der Waals surface area contributed by atoms with Gasteiger partial charge in [-0.3, -0.25) is 4.79 Å². The van der Waals surface area contributed by atoms with E-state index in [2.05, 4.69) is 10.5 Å². The first kappa shape index (κ1) is 12.0. The van der Waals surface area contributed by atoms with Crippen LogP contribution in [0.2, 0.25) is 0 Å². The first-order chi connectivity index (χ1) is 9.31. The monoisotopic (exact) mass is 256 g/mol. The highest BCUT2D eigenvalue weighted by Crippen LogP contribution is 2.42. The van der Waals surface area contributed by atoms with E-state index in [1.165, 1.54) is 0 Å². The standard InChI is InChI=1S/C15H16N2O2/c1-2-16-13-6-4-3-5-11(13)14(18)12-9-17-19-15(12)10-7-8-10/h3-6,9-10,16H,2,7-8H2,1H3. The number of aromatic nitrogens is 1. The summed E-state index contributed by atoms with van der Waals surface area (Å²) in [6, 6.07) is 7.55. The fraction of sp³-hybridized carbons (Fsp3) is 0.333. The molecule has 3 rings (SSSR count). The van der Waals surface area contributed by atoms with Gasteiger partial charge in [0.25, 0.3) is 0 Å². The lowest BCUT2D eigenvalue weighted by atomic mass is 10.0. The number of hydrogen-bond donors (Lipinski definition) is 1. The van der Waals surface area contributed by atoms with Crippen molar-refractivity contribution in [3.05, 3.63) is 47.3 Å². The van der Waals surface area contributed by atoms with Gasteiger partial charge in [-0.2, -0.15) is 0 Å². The SMILES string of the molecule is CCNc1ccccc1C(=O)c1cnoc1C1CC1. The van der Waals surface area contributed by atoms with Crippen molar-refractivity contribution < 1.29 is 9.32 Å². The van der Waals surface area contributed by atoms with E-state index < -0.39 is 0 Å². The van der Waals surface area contributed by atoms with Crippen molar-refractivity contribution in [2.45, 2.75) is 25.7 Å². The third kappa shape index (κ3) is 2.26. The maximum Gasteiger partial charge on any atom is 0.200 e. The highest BCUT2D eigenvalue weighted by molar-refractivity contribution is 6.12. The Bertz CT molecular complexity index is 600. The van der Waals surface area contributed by atoms with Crippen LogP contribution in [0.4, 0.5) is 5.69 Å². The van der Waals surface area contributed by atoms with Crippen molar-refractivity contribution in [2.24, 2.45) is 0 Å². The van der Waals surface area contributed by atoms with Gasteiger partial charge in [-0.25, -0.2) is 0 Å². The van der Waals surface area contributed by atoms with Gasteiger partial charge in [-0.05, 0) is 31.9 Å². The molecule has 1 aromatic carbocycles. The van der Waals surface area contributed by atoms with Crippen LogP contribution < -0.4 is 5.32 Å². The minimum atomic E-state index is -0.0142. The van der Waals surface area contributed by atoms with E-state index in [4.69, 9.17) is 4.52 Å². The van der Waals surface area contributed by atoms with Gasteiger partial charge in [0.15, 0.2) is 11.5 Å². The van der Waals surface area contributed by atoms with Crippen LogP contribution >= 0.6 is 0 Å². The highest BCUT2D eigenvalue weighted by atomic mass is 16.5. The molecule has 0 bridgehead atoms. The zero-order valence-electron chi connectivity index (χ0n) is 10.8. The van der Waals surface area contributed by atoms with E-state index in [1.807, 2.05) is 31.2 Å². The molecule has 2 aromatic rings. The Morgan fingerprint density at radius 2 is 2.16 bits per heavy atom. The van der Waals surface area contributed by atoms with Gasteiger partial charge in [0.1, 0.15) is 0 Å². The predicted octanol–water partition coefficient (Wildman–Crippen LogP) is 3.21. The fourth-order valence-corrected chi connectivity index (χ4v) is 2.23. The second-order valence-electron chi connectivity index (χ2n) is 4.78. The molecule has 1 heterocycles. The number of rotatable bonds is 5. The zero-order chi connectivity index (χ0) is 13.2. The highest BCUT2D eigenvalue weighted by Gasteiger charge is 2.33. The van der Waals surface area contributed by atoms with Crippen LogP contribution in [-0.4, -0.2) is 17.5 Å². The van der Waals surface area contributed by atoms with E-state index in [9.17, 15) is 4.79 Å². The number of ketones is 1. The molecule has 0 saturated heterocycles. The van der Waals surface area contributed by atoms with Gasteiger partial charge < -0.3 is 9.84 Å². The average Bonchev–Trinajstić information content (AvgIpc) is 3.16. The minimum absolute atomic E-state index is 0.0142. The molecule has 0 spiro atoms. The number of para-hydroxylation sites is 1. The fourth-order valence-electron chi connectivity index (χ4n) is 2.23. The van der Waals surface area contributed by atoms with E-state index >= 15 is 0 Å². The lowest BCUT2D eigenvalue weighted by Crippen LogP contribution is -2.08. The smallest absolute Gasteiger partial charge is 0.200 e. The van der Waals surface area contributed by atoms with E-state index in [0.29, 0.717) is 17.0 Å². The van der Waals surface area contributed by atoms with Crippen molar-refractivity contribution in [3.8, 4) is 0 Å². The summed E-state index contributed by atoms with van der Waals surface area (Å²) in [6.45, 7) is 2.79. The maximum atomic E-state index is 12.6. The summed E-state index contributed by atoms with van der Waals surface area (Å²) in [6.07, 6.45) is 3.72. The quantitative estimate of drug-likeness (QED) is 0.834. The van der Waals surface area contributed by atoms with Crippen molar-refractivity contribution in [1.29, 1.82) is 0 Å². The number of carbonyl (C=O) groups excluding carboxylic acids is 1. The number of carbonyl (C=O) groups is 1. The van der Waals surface area contributed by atoms with E-state index in [1.54, 1.807) is 6.20 Å². The number of nitrogens with one attached hydrogen (secondary N) is 1. The Morgan fingerprint density at radius 1 is 1.37 bits per heavy atom. The molecule has 1 fully saturated rings. The van der Waals surface area contributed by atoms with E-state index in [-0.39, 0.29) is 5.78 Å². The second-order valence-corrected chi connectivity index (χ2v) is 4.78. The molecule has 1 N–H and O–H groups in total. The van der Waals surface area contributed by atoms with E-state index in [0.717, 1.165) is 30.8 Å². The molecule has 0 atom stereocenters. The molecule has 98 valence electrons. The van der Waals surface area contributed by atoms with Crippen LogP contribution in [-0.2, 0) is 0 Å². The van der Waals surface area contributed by atoms with Crippen LogP contribution in [0.3, 0.4) is 0 Å². The molecule has 1 aliphatic rings. The molecule has 0 amide bonds. The zero-order valence-corrected chi connectivity index (χ0v) is 10.8. The molecule has 0 unspecified atom stereocenters. The molecular weight excluding hydrogens is 240 g/mol. The lowest BCUT2D eigenvalue weighted by Gasteiger charge is -2.09. The third-order valence-corrected chi connectivity index (χ3v) is 3.33. The summed E-state index contributed by atoms with van der Waals surface area (Å²) in [5.41, 5.74) is 2.14. The maximum absolute atomic E-state index is 12.6. The minimum Gasteiger partial charge on any atom is -0.385 e. The molecule has 4 nitrogen and oxygen atoms in total. The van der Waals surface area contributed by atoms with Crippen LogP contribution in [0.1, 0.15) is 47.4 Å². The third-order valence-electron chi connectivity index (χ3n) is 3.33. The van der Waals surface area contributed by atoms with Gasteiger partial charge in [0.05, 0.1) is 11.8 Å². The number of hydrogen-bond acceptors (Lipinski definition) is 4.